The Hall–Kier alpha value is -3.36. The van der Waals surface area contributed by atoms with Gasteiger partial charge in [-0.25, -0.2) is 8.42 Å². The molecule has 9 heteroatoms. The molecule has 0 bridgehead atoms. The molecule has 0 unspecified atom stereocenters. The van der Waals surface area contributed by atoms with E-state index in [-0.39, 0.29) is 30.3 Å². The SMILES string of the molecule is CC[C@H](C)NC(=O)[C@H](Cc1ccccc1)N(Cc1ccccc1Cl)C(=O)CN(c1ccc(C(C)(C)C)cc1)S(C)(=O)=O. The van der Waals surface area contributed by atoms with Crippen LogP contribution in [0, 0.1) is 0 Å². The molecule has 3 aromatic carbocycles. The number of halogens is 1. The van der Waals surface area contributed by atoms with Gasteiger partial charge in [0.05, 0.1) is 11.9 Å². The molecule has 0 fully saturated rings. The molecule has 0 heterocycles. The van der Waals surface area contributed by atoms with Crippen LogP contribution < -0.4 is 9.62 Å². The molecule has 1 N–H and O–H groups in total. The number of benzene rings is 3. The Labute approximate surface area is 255 Å². The summed E-state index contributed by atoms with van der Waals surface area (Å²) >= 11 is 6.51. The number of amides is 2. The standard InChI is InChI=1S/C33H42ClN3O4S/c1-7-24(2)35-32(39)30(21-25-13-9-8-10-14-25)36(22-26-15-11-12-16-29(26)34)31(38)23-37(42(6,40)41)28-19-17-27(18-20-28)33(3,4)5/h8-20,24,30H,7,21-23H2,1-6H3,(H,35,39)/t24-,30-/m0/s1. The summed E-state index contributed by atoms with van der Waals surface area (Å²) in [4.78, 5) is 29.4. The summed E-state index contributed by atoms with van der Waals surface area (Å²) in [6, 6.07) is 22.7. The molecule has 0 saturated carbocycles. The lowest BCUT2D eigenvalue weighted by Gasteiger charge is -2.34. The highest BCUT2D eigenvalue weighted by Crippen LogP contribution is 2.27. The lowest BCUT2D eigenvalue weighted by molar-refractivity contribution is -0.140. The van der Waals surface area contributed by atoms with Gasteiger partial charge in [-0.1, -0.05) is 100.0 Å². The number of anilines is 1. The number of rotatable bonds is 12. The van der Waals surface area contributed by atoms with Crippen LogP contribution in [0.1, 0.15) is 57.7 Å². The van der Waals surface area contributed by atoms with E-state index in [1.807, 2.05) is 62.4 Å². The summed E-state index contributed by atoms with van der Waals surface area (Å²) < 4.78 is 27.1. The first-order chi connectivity index (χ1) is 19.7. The zero-order chi connectivity index (χ0) is 31.1. The van der Waals surface area contributed by atoms with Crippen molar-refractivity contribution in [3.05, 3.63) is 101 Å². The van der Waals surface area contributed by atoms with Gasteiger partial charge >= 0.3 is 0 Å². The number of hydrogen-bond acceptors (Lipinski definition) is 4. The number of hydrogen-bond donors (Lipinski definition) is 1. The molecule has 42 heavy (non-hydrogen) atoms. The van der Waals surface area contributed by atoms with Gasteiger partial charge < -0.3 is 10.2 Å². The van der Waals surface area contributed by atoms with E-state index in [0.717, 1.165) is 21.7 Å². The second-order valence-electron chi connectivity index (χ2n) is 11.7. The van der Waals surface area contributed by atoms with Crippen molar-refractivity contribution in [1.82, 2.24) is 10.2 Å². The summed E-state index contributed by atoms with van der Waals surface area (Å²) in [6.07, 6.45) is 2.04. The molecular formula is C33H42ClN3O4S. The van der Waals surface area contributed by atoms with Crippen molar-refractivity contribution in [1.29, 1.82) is 0 Å². The van der Waals surface area contributed by atoms with Crippen LogP contribution in [-0.4, -0.2) is 50.0 Å². The predicted molar refractivity (Wildman–Crippen MR) is 171 cm³/mol. The van der Waals surface area contributed by atoms with Gasteiger partial charge in [-0.3, -0.25) is 13.9 Å². The average molecular weight is 612 g/mol. The third-order valence-electron chi connectivity index (χ3n) is 7.27. The molecule has 226 valence electrons. The van der Waals surface area contributed by atoms with E-state index in [2.05, 4.69) is 26.1 Å². The maximum Gasteiger partial charge on any atom is 0.244 e. The van der Waals surface area contributed by atoms with Crippen LogP contribution in [0.4, 0.5) is 5.69 Å². The molecule has 3 aromatic rings. The highest BCUT2D eigenvalue weighted by atomic mass is 35.5. The van der Waals surface area contributed by atoms with Crippen LogP contribution in [0.25, 0.3) is 0 Å². The summed E-state index contributed by atoms with van der Waals surface area (Å²) in [5.74, 6) is -0.825. The summed E-state index contributed by atoms with van der Waals surface area (Å²) in [6.45, 7) is 9.66. The number of carbonyl (C=O) groups is 2. The van der Waals surface area contributed by atoms with E-state index in [4.69, 9.17) is 11.6 Å². The molecule has 0 aliphatic carbocycles. The molecule has 2 atom stereocenters. The van der Waals surface area contributed by atoms with E-state index in [0.29, 0.717) is 22.7 Å². The zero-order valence-electron chi connectivity index (χ0n) is 25.3. The largest absolute Gasteiger partial charge is 0.352 e. The maximum atomic E-state index is 14.2. The van der Waals surface area contributed by atoms with Gasteiger partial charge in [-0.15, -0.1) is 0 Å². The predicted octanol–water partition coefficient (Wildman–Crippen LogP) is 5.96. The monoisotopic (exact) mass is 611 g/mol. The van der Waals surface area contributed by atoms with E-state index in [1.54, 1.807) is 30.3 Å². The number of carbonyl (C=O) groups excluding carboxylic acids is 2. The molecule has 2 amide bonds. The summed E-state index contributed by atoms with van der Waals surface area (Å²) in [5.41, 5.74) is 2.82. The Morgan fingerprint density at radius 2 is 1.52 bits per heavy atom. The van der Waals surface area contributed by atoms with Crippen molar-refractivity contribution < 1.29 is 18.0 Å². The van der Waals surface area contributed by atoms with Crippen LogP contribution in [-0.2, 0) is 38.0 Å². The Balaban J connectivity index is 2.07. The minimum absolute atomic E-state index is 0.0322. The quantitative estimate of drug-likeness (QED) is 0.274. The molecule has 0 aromatic heterocycles. The van der Waals surface area contributed by atoms with Crippen LogP contribution in [0.15, 0.2) is 78.9 Å². The normalized spacial score (nSPS) is 13.2. The molecule has 0 spiro atoms. The minimum Gasteiger partial charge on any atom is -0.352 e. The molecular weight excluding hydrogens is 570 g/mol. The molecule has 0 radical (unpaired) electrons. The fourth-order valence-electron chi connectivity index (χ4n) is 4.55. The Morgan fingerprint density at radius 1 is 0.929 bits per heavy atom. The van der Waals surface area contributed by atoms with Crippen molar-refractivity contribution in [3.63, 3.8) is 0 Å². The summed E-state index contributed by atoms with van der Waals surface area (Å²) in [7, 11) is -3.84. The van der Waals surface area contributed by atoms with Crippen LogP contribution >= 0.6 is 11.6 Å². The van der Waals surface area contributed by atoms with Crippen molar-refractivity contribution >= 4 is 39.1 Å². The Kier molecular flexibility index (Phi) is 11.2. The van der Waals surface area contributed by atoms with Crippen molar-refractivity contribution in [2.45, 2.75) is 71.5 Å². The van der Waals surface area contributed by atoms with Gasteiger partial charge in [-0.05, 0) is 53.6 Å². The minimum atomic E-state index is -3.84. The Morgan fingerprint density at radius 3 is 2.07 bits per heavy atom. The van der Waals surface area contributed by atoms with Crippen molar-refractivity contribution in [2.75, 3.05) is 17.1 Å². The highest BCUT2D eigenvalue weighted by Gasteiger charge is 2.33. The van der Waals surface area contributed by atoms with Gasteiger partial charge in [-0.2, -0.15) is 0 Å². The van der Waals surface area contributed by atoms with Gasteiger partial charge in [0.25, 0.3) is 0 Å². The number of nitrogens with zero attached hydrogens (tertiary/aromatic N) is 2. The van der Waals surface area contributed by atoms with Crippen molar-refractivity contribution in [3.8, 4) is 0 Å². The van der Waals surface area contributed by atoms with Gasteiger partial charge in [0, 0.05) is 24.0 Å². The number of sulfonamides is 1. The topological polar surface area (TPSA) is 86.8 Å². The van der Waals surface area contributed by atoms with Gasteiger partial charge in [0.2, 0.25) is 21.8 Å². The number of nitrogens with one attached hydrogen (secondary N) is 1. The lowest BCUT2D eigenvalue weighted by atomic mass is 9.87. The first kappa shape index (κ1) is 33.1. The van der Waals surface area contributed by atoms with Crippen LogP contribution in [0.5, 0.6) is 0 Å². The van der Waals surface area contributed by atoms with Gasteiger partial charge in [0.1, 0.15) is 12.6 Å². The van der Waals surface area contributed by atoms with Crippen LogP contribution in [0.2, 0.25) is 5.02 Å². The van der Waals surface area contributed by atoms with E-state index < -0.39 is 28.5 Å². The third-order valence-corrected chi connectivity index (χ3v) is 8.78. The summed E-state index contributed by atoms with van der Waals surface area (Å²) in [5, 5.41) is 3.48. The Bertz CT molecular complexity index is 1450. The zero-order valence-corrected chi connectivity index (χ0v) is 26.9. The maximum absolute atomic E-state index is 14.2. The first-order valence-corrected chi connectivity index (χ1v) is 16.4. The smallest absolute Gasteiger partial charge is 0.244 e. The molecule has 7 nitrogen and oxygen atoms in total. The lowest BCUT2D eigenvalue weighted by Crippen LogP contribution is -2.54. The molecule has 0 aliphatic heterocycles. The van der Waals surface area contributed by atoms with Crippen molar-refractivity contribution in [2.24, 2.45) is 0 Å². The fourth-order valence-corrected chi connectivity index (χ4v) is 5.59. The fraction of sp³-hybridized carbons (Fsp3) is 0.394. The van der Waals surface area contributed by atoms with E-state index in [1.165, 1.54) is 4.90 Å². The average Bonchev–Trinajstić information content (AvgIpc) is 2.93. The molecule has 3 rings (SSSR count). The molecule has 0 saturated heterocycles. The van der Waals surface area contributed by atoms with E-state index in [9.17, 15) is 18.0 Å². The highest BCUT2D eigenvalue weighted by molar-refractivity contribution is 7.92. The second kappa shape index (κ2) is 14.2. The first-order valence-electron chi connectivity index (χ1n) is 14.2. The van der Waals surface area contributed by atoms with E-state index >= 15 is 0 Å². The molecule has 0 aliphatic rings. The van der Waals surface area contributed by atoms with Gasteiger partial charge in [0.15, 0.2) is 0 Å². The van der Waals surface area contributed by atoms with Crippen LogP contribution in [0.3, 0.4) is 0 Å². The second-order valence-corrected chi connectivity index (χ2v) is 14.0. The third kappa shape index (κ3) is 9.07.